The Labute approximate surface area is 170 Å². The number of aromatic hydroxyl groups is 1. The van der Waals surface area contributed by atoms with E-state index in [1.807, 2.05) is 0 Å². The molecule has 1 aromatic heterocycles. The van der Waals surface area contributed by atoms with E-state index in [2.05, 4.69) is 0 Å². The number of carbonyl (C=O) groups excluding carboxylic acids is 2. The molecule has 27 heavy (non-hydrogen) atoms. The molecule has 1 unspecified atom stereocenters. The van der Waals surface area contributed by atoms with Crippen LogP contribution in [0.25, 0.3) is 0 Å². The lowest BCUT2D eigenvalue weighted by atomic mass is 10.2. The molecule has 154 valence electrons. The van der Waals surface area contributed by atoms with Crippen LogP contribution in [0.15, 0.2) is 23.1 Å². The largest absolute Gasteiger partial charge is 0.503 e. The van der Waals surface area contributed by atoms with E-state index >= 15 is 0 Å². The monoisotopic (exact) mass is 423 g/mol. The maximum Gasteiger partial charge on any atom is 0.292 e. The number of hydrogen-bond donors (Lipinski definition) is 3. The second-order valence-electron chi connectivity index (χ2n) is 6.10. The van der Waals surface area contributed by atoms with Gasteiger partial charge in [0.15, 0.2) is 5.75 Å². The topological polar surface area (TPSA) is 135 Å². The molecule has 0 spiro atoms. The number of rotatable bonds is 6. The van der Waals surface area contributed by atoms with Crippen molar-refractivity contribution in [2.75, 3.05) is 32.7 Å². The minimum absolute atomic E-state index is 0. The van der Waals surface area contributed by atoms with E-state index in [1.54, 1.807) is 15.9 Å². The van der Waals surface area contributed by atoms with Crippen LogP contribution in [0.1, 0.15) is 12.8 Å². The fourth-order valence-electron chi connectivity index (χ4n) is 2.72. The van der Waals surface area contributed by atoms with E-state index in [-0.39, 0.29) is 74.4 Å². The maximum absolute atomic E-state index is 12.3. The van der Waals surface area contributed by atoms with Gasteiger partial charge in [0.05, 0.1) is 0 Å². The summed E-state index contributed by atoms with van der Waals surface area (Å²) in [5, 5.41) is 9.39. The Morgan fingerprint density at radius 3 is 2.22 bits per heavy atom. The molecule has 1 aliphatic rings. The zero-order chi connectivity index (χ0) is 18.4. The summed E-state index contributed by atoms with van der Waals surface area (Å²) < 4.78 is 1.31. The molecule has 1 aliphatic heterocycles. The molecular formula is C16H27Cl2N5O4. The number of amides is 2. The lowest BCUT2D eigenvalue weighted by Gasteiger charge is -2.35. The van der Waals surface area contributed by atoms with Crippen LogP contribution in [0.3, 0.4) is 0 Å². The van der Waals surface area contributed by atoms with E-state index in [0.29, 0.717) is 26.2 Å². The van der Waals surface area contributed by atoms with Crippen LogP contribution in [0.2, 0.25) is 0 Å². The molecule has 0 saturated carbocycles. The molecule has 11 heteroatoms. The van der Waals surface area contributed by atoms with E-state index < -0.39 is 5.56 Å². The molecule has 1 atom stereocenters. The van der Waals surface area contributed by atoms with Gasteiger partial charge >= 0.3 is 0 Å². The van der Waals surface area contributed by atoms with Crippen LogP contribution < -0.4 is 17.0 Å². The van der Waals surface area contributed by atoms with E-state index in [0.717, 1.165) is 0 Å². The molecule has 1 fully saturated rings. The van der Waals surface area contributed by atoms with Crippen molar-refractivity contribution in [2.24, 2.45) is 11.5 Å². The van der Waals surface area contributed by atoms with Crippen LogP contribution in [0.4, 0.5) is 0 Å². The Kier molecular flexibility index (Phi) is 11.0. The molecule has 0 aliphatic carbocycles. The zero-order valence-corrected chi connectivity index (χ0v) is 16.6. The highest BCUT2D eigenvalue weighted by Gasteiger charge is 2.24. The van der Waals surface area contributed by atoms with Crippen LogP contribution in [-0.2, 0) is 16.1 Å². The minimum atomic E-state index is -0.512. The van der Waals surface area contributed by atoms with Crippen LogP contribution >= 0.6 is 24.8 Å². The predicted molar refractivity (Wildman–Crippen MR) is 106 cm³/mol. The summed E-state index contributed by atoms with van der Waals surface area (Å²) >= 11 is 0. The Bertz CT molecular complexity index is 677. The second-order valence-corrected chi connectivity index (χ2v) is 6.10. The zero-order valence-electron chi connectivity index (χ0n) is 15.0. The number of piperazine rings is 1. The first kappa shape index (κ1) is 25.2. The molecule has 2 amide bonds. The van der Waals surface area contributed by atoms with Crippen molar-refractivity contribution in [1.29, 1.82) is 0 Å². The number of carbonyl (C=O) groups is 2. The van der Waals surface area contributed by atoms with Gasteiger partial charge in [-0.1, -0.05) is 0 Å². The number of hydrogen-bond acceptors (Lipinski definition) is 6. The highest BCUT2D eigenvalue weighted by atomic mass is 35.5. The quantitative estimate of drug-likeness (QED) is 0.544. The molecule has 0 bridgehead atoms. The summed E-state index contributed by atoms with van der Waals surface area (Å²) in [6.07, 6.45) is 1.91. The first-order valence-corrected chi connectivity index (χ1v) is 8.32. The molecule has 5 N–H and O–H groups in total. The Morgan fingerprint density at radius 2 is 1.67 bits per heavy atom. The maximum atomic E-state index is 12.3. The Morgan fingerprint density at radius 1 is 1.11 bits per heavy atom. The van der Waals surface area contributed by atoms with Gasteiger partial charge in [-0.3, -0.25) is 14.4 Å². The third kappa shape index (κ3) is 7.02. The van der Waals surface area contributed by atoms with Crippen molar-refractivity contribution in [1.82, 2.24) is 14.4 Å². The Hall–Kier alpha value is -1.81. The van der Waals surface area contributed by atoms with Gasteiger partial charge < -0.3 is 30.9 Å². The van der Waals surface area contributed by atoms with Gasteiger partial charge in [-0.25, -0.2) is 0 Å². The summed E-state index contributed by atoms with van der Waals surface area (Å²) in [5.41, 5.74) is 10.6. The summed E-state index contributed by atoms with van der Waals surface area (Å²) in [7, 11) is 0. The third-order valence-corrected chi connectivity index (χ3v) is 4.29. The predicted octanol–water partition coefficient (Wildman–Crippen LogP) is -0.865. The SMILES string of the molecule is Cl.Cl.NCC(N)CC(=O)N1CCN(C(=O)CCn2cccc(O)c2=O)CC1. The highest BCUT2D eigenvalue weighted by molar-refractivity contribution is 5.85. The lowest BCUT2D eigenvalue weighted by Crippen LogP contribution is -2.51. The summed E-state index contributed by atoms with van der Waals surface area (Å²) in [6, 6.07) is 2.53. The number of aromatic nitrogens is 1. The van der Waals surface area contributed by atoms with Gasteiger partial charge in [-0.05, 0) is 12.1 Å². The molecule has 0 aromatic carbocycles. The normalized spacial score (nSPS) is 14.7. The molecule has 2 heterocycles. The van der Waals surface area contributed by atoms with Gasteiger partial charge in [0, 0.05) is 64.3 Å². The van der Waals surface area contributed by atoms with Crippen LogP contribution in [0, 0.1) is 0 Å². The highest BCUT2D eigenvalue weighted by Crippen LogP contribution is 2.07. The number of nitrogens with zero attached hydrogens (tertiary/aromatic N) is 3. The molecule has 9 nitrogen and oxygen atoms in total. The molecular weight excluding hydrogens is 397 g/mol. The average Bonchev–Trinajstić information content (AvgIpc) is 2.62. The van der Waals surface area contributed by atoms with Gasteiger partial charge in [0.1, 0.15) is 0 Å². The van der Waals surface area contributed by atoms with Crippen molar-refractivity contribution in [3.63, 3.8) is 0 Å². The number of pyridine rings is 1. The van der Waals surface area contributed by atoms with Crippen molar-refractivity contribution < 1.29 is 14.7 Å². The molecule has 2 rings (SSSR count). The summed E-state index contributed by atoms with van der Waals surface area (Å²) in [4.78, 5) is 39.4. The smallest absolute Gasteiger partial charge is 0.292 e. The summed E-state index contributed by atoms with van der Waals surface area (Å²) in [6.45, 7) is 2.31. The van der Waals surface area contributed by atoms with E-state index in [1.165, 1.54) is 16.8 Å². The first-order valence-electron chi connectivity index (χ1n) is 8.32. The minimum Gasteiger partial charge on any atom is -0.503 e. The van der Waals surface area contributed by atoms with Crippen molar-refractivity contribution in [3.05, 3.63) is 28.7 Å². The summed E-state index contributed by atoms with van der Waals surface area (Å²) in [5.74, 6) is -0.463. The van der Waals surface area contributed by atoms with Gasteiger partial charge in [-0.2, -0.15) is 0 Å². The standard InChI is InChI=1S/C16H25N5O4.2ClH/c17-11-12(18)10-15(24)20-8-6-19(7-9-20)14(23)3-5-21-4-1-2-13(22)16(21)25;;/h1-2,4,12,22H,3,5-11,17-18H2;2*1H. The third-order valence-electron chi connectivity index (χ3n) is 4.29. The van der Waals surface area contributed by atoms with E-state index in [9.17, 15) is 19.5 Å². The molecule has 0 radical (unpaired) electrons. The second kappa shape index (κ2) is 11.8. The van der Waals surface area contributed by atoms with Gasteiger partial charge in [0.2, 0.25) is 11.8 Å². The number of aryl methyl sites for hydroxylation is 1. The molecule has 1 aromatic rings. The van der Waals surface area contributed by atoms with Crippen LogP contribution in [-0.4, -0.2) is 70.1 Å². The average molecular weight is 424 g/mol. The van der Waals surface area contributed by atoms with E-state index in [4.69, 9.17) is 11.5 Å². The first-order chi connectivity index (χ1) is 11.9. The van der Waals surface area contributed by atoms with Crippen molar-refractivity contribution in [3.8, 4) is 5.75 Å². The lowest BCUT2D eigenvalue weighted by molar-refractivity contribution is -0.139. The number of halogens is 2. The van der Waals surface area contributed by atoms with Crippen LogP contribution in [0.5, 0.6) is 5.75 Å². The fourth-order valence-corrected chi connectivity index (χ4v) is 2.72. The van der Waals surface area contributed by atoms with Crippen molar-refractivity contribution in [2.45, 2.75) is 25.4 Å². The fraction of sp³-hybridized carbons (Fsp3) is 0.562. The van der Waals surface area contributed by atoms with Gasteiger partial charge in [-0.15, -0.1) is 24.8 Å². The molecule has 1 saturated heterocycles. The number of nitrogens with two attached hydrogens (primary N) is 2. The Balaban J connectivity index is 0.00000338. The van der Waals surface area contributed by atoms with Gasteiger partial charge in [0.25, 0.3) is 5.56 Å². The van der Waals surface area contributed by atoms with Crippen molar-refractivity contribution >= 4 is 36.6 Å².